The summed E-state index contributed by atoms with van der Waals surface area (Å²) in [4.78, 5) is 16.7. The number of rotatable bonds is 8. The van der Waals surface area contributed by atoms with Crippen molar-refractivity contribution in [3.63, 3.8) is 0 Å². The zero-order valence-corrected chi connectivity index (χ0v) is 24.5. The SMILES string of the molecule is Cc1cc(Nc2ccc(-c3cnc(C4CCC(NC(=O)O)CC4)s3)c(S(=O)(=O)C3COC3)c2)nn1C1CCCCO1. The number of benzene rings is 1. The number of hydrogen-bond donors (Lipinski definition) is 3. The lowest BCUT2D eigenvalue weighted by Crippen LogP contribution is -2.40. The number of aromatic nitrogens is 3. The van der Waals surface area contributed by atoms with Gasteiger partial charge in [-0.25, -0.2) is 22.9 Å². The first-order valence-electron chi connectivity index (χ1n) is 14.1. The number of hydrogen-bond acceptors (Lipinski definition) is 9. The van der Waals surface area contributed by atoms with Gasteiger partial charge in [0.25, 0.3) is 0 Å². The average Bonchev–Trinajstić information content (AvgIpc) is 3.55. The van der Waals surface area contributed by atoms with Crippen LogP contribution in [-0.4, -0.2) is 65.5 Å². The second kappa shape index (κ2) is 11.7. The summed E-state index contributed by atoms with van der Waals surface area (Å²) in [7, 11) is -3.65. The van der Waals surface area contributed by atoms with Crippen molar-refractivity contribution >= 4 is 38.8 Å². The van der Waals surface area contributed by atoms with Crippen molar-refractivity contribution in [2.24, 2.45) is 0 Å². The van der Waals surface area contributed by atoms with Crippen LogP contribution in [0.4, 0.5) is 16.3 Å². The average molecular weight is 602 g/mol. The molecular formula is C28H35N5O6S2. The molecule has 11 nitrogen and oxygen atoms in total. The van der Waals surface area contributed by atoms with E-state index in [9.17, 15) is 13.2 Å². The predicted octanol–water partition coefficient (Wildman–Crippen LogP) is 5.22. The number of carbonyl (C=O) groups is 1. The zero-order chi connectivity index (χ0) is 28.6. The van der Waals surface area contributed by atoms with Crippen molar-refractivity contribution in [2.75, 3.05) is 25.1 Å². The highest BCUT2D eigenvalue weighted by molar-refractivity contribution is 7.92. The fourth-order valence-electron chi connectivity index (χ4n) is 5.78. The van der Waals surface area contributed by atoms with Gasteiger partial charge in [0.05, 0.1) is 28.0 Å². The normalized spacial score (nSPS) is 23.6. The number of nitrogens with zero attached hydrogens (tertiary/aromatic N) is 3. The summed E-state index contributed by atoms with van der Waals surface area (Å²) in [5.74, 6) is 0.862. The van der Waals surface area contributed by atoms with Crippen LogP contribution < -0.4 is 10.6 Å². The fourth-order valence-corrected chi connectivity index (χ4v) is 8.65. The van der Waals surface area contributed by atoms with Crippen LogP contribution in [0.3, 0.4) is 0 Å². The van der Waals surface area contributed by atoms with Gasteiger partial charge >= 0.3 is 6.09 Å². The van der Waals surface area contributed by atoms with E-state index in [0.29, 0.717) is 17.1 Å². The standard InChI is InChI=1S/C28H35N5O6S2/c1-17-12-25(32-33(17)26-4-2-3-11-39-26)30-20-9-10-22(24(13-20)41(36,37)21-15-38-16-21)23-14-29-27(40-23)18-5-7-19(8-6-18)31-28(34)35/h9-10,12-14,18-19,21,26,31H,2-8,11,15-16H2,1H3,(H,30,32)(H,34,35). The molecule has 0 bridgehead atoms. The summed E-state index contributed by atoms with van der Waals surface area (Å²) < 4.78 is 40.4. The minimum atomic E-state index is -3.65. The summed E-state index contributed by atoms with van der Waals surface area (Å²) in [6.07, 6.45) is 6.95. The molecule has 3 fully saturated rings. The third-order valence-electron chi connectivity index (χ3n) is 8.15. The fraction of sp³-hybridized carbons (Fsp3) is 0.536. The molecule has 3 N–H and O–H groups in total. The molecule has 4 heterocycles. The number of thiazole rings is 1. The number of sulfone groups is 1. The Morgan fingerprint density at radius 2 is 1.93 bits per heavy atom. The summed E-state index contributed by atoms with van der Waals surface area (Å²) in [5.41, 5.74) is 2.24. The zero-order valence-electron chi connectivity index (χ0n) is 22.9. The summed E-state index contributed by atoms with van der Waals surface area (Å²) in [6, 6.07) is 7.31. The molecule has 2 aromatic heterocycles. The molecule has 2 saturated heterocycles. The Hall–Kier alpha value is -3.00. The van der Waals surface area contributed by atoms with Crippen LogP contribution in [0.25, 0.3) is 10.4 Å². The van der Waals surface area contributed by atoms with Crippen LogP contribution in [-0.2, 0) is 19.3 Å². The van der Waals surface area contributed by atoms with E-state index in [2.05, 4.69) is 15.6 Å². The van der Waals surface area contributed by atoms with E-state index < -0.39 is 21.2 Å². The van der Waals surface area contributed by atoms with E-state index in [1.165, 1.54) is 11.3 Å². The third-order valence-corrected chi connectivity index (χ3v) is 11.4. The molecule has 0 spiro atoms. The van der Waals surface area contributed by atoms with Gasteiger partial charge in [0.15, 0.2) is 21.9 Å². The van der Waals surface area contributed by atoms with Gasteiger partial charge in [-0.15, -0.1) is 11.3 Å². The molecule has 3 aliphatic rings. The maximum absolute atomic E-state index is 13.7. The van der Waals surface area contributed by atoms with Gasteiger partial charge in [-0.05, 0) is 64.0 Å². The number of amides is 1. The molecule has 1 saturated carbocycles. The second-order valence-electron chi connectivity index (χ2n) is 11.0. The van der Waals surface area contributed by atoms with E-state index in [-0.39, 0.29) is 36.3 Å². The number of ether oxygens (including phenoxy) is 2. The van der Waals surface area contributed by atoms with E-state index in [1.54, 1.807) is 12.3 Å². The topological polar surface area (TPSA) is 145 Å². The highest BCUT2D eigenvalue weighted by Crippen LogP contribution is 2.41. The lowest BCUT2D eigenvalue weighted by atomic mass is 9.86. The molecule has 1 atom stereocenters. The first kappa shape index (κ1) is 28.1. The Bertz CT molecular complexity index is 1500. The van der Waals surface area contributed by atoms with Crippen molar-refractivity contribution in [1.82, 2.24) is 20.1 Å². The molecule has 1 amide bonds. The van der Waals surface area contributed by atoms with Crippen molar-refractivity contribution in [2.45, 2.75) is 80.2 Å². The summed E-state index contributed by atoms with van der Waals surface area (Å²) >= 11 is 1.51. The molecule has 1 unspecified atom stereocenters. The minimum Gasteiger partial charge on any atom is -0.465 e. The minimum absolute atomic E-state index is 0.0324. The molecule has 41 heavy (non-hydrogen) atoms. The first-order valence-corrected chi connectivity index (χ1v) is 16.5. The first-order chi connectivity index (χ1) is 19.8. The van der Waals surface area contributed by atoms with Crippen molar-refractivity contribution in [3.05, 3.63) is 41.2 Å². The Morgan fingerprint density at radius 1 is 1.12 bits per heavy atom. The Morgan fingerprint density at radius 3 is 2.61 bits per heavy atom. The van der Waals surface area contributed by atoms with Crippen LogP contribution in [0.1, 0.15) is 67.8 Å². The summed E-state index contributed by atoms with van der Waals surface area (Å²) in [5, 5.41) is 20.0. The third kappa shape index (κ3) is 5.99. The van der Waals surface area contributed by atoms with Crippen molar-refractivity contribution in [1.29, 1.82) is 0 Å². The summed E-state index contributed by atoms with van der Waals surface area (Å²) in [6.45, 7) is 3.09. The number of anilines is 2. The number of nitrogens with one attached hydrogen (secondary N) is 2. The van der Waals surface area contributed by atoms with Crippen LogP contribution in [0, 0.1) is 6.92 Å². The van der Waals surface area contributed by atoms with Gasteiger partial charge in [0.1, 0.15) is 5.25 Å². The predicted molar refractivity (Wildman–Crippen MR) is 155 cm³/mol. The van der Waals surface area contributed by atoms with Crippen LogP contribution in [0.5, 0.6) is 0 Å². The van der Waals surface area contributed by atoms with Gasteiger partial charge < -0.3 is 25.2 Å². The van der Waals surface area contributed by atoms with Gasteiger partial charge in [0.2, 0.25) is 0 Å². The second-order valence-corrected chi connectivity index (χ2v) is 14.3. The molecule has 0 radical (unpaired) electrons. The highest BCUT2D eigenvalue weighted by atomic mass is 32.2. The van der Waals surface area contributed by atoms with Gasteiger partial charge in [0, 0.05) is 47.8 Å². The molecule has 1 aromatic carbocycles. The maximum Gasteiger partial charge on any atom is 0.404 e. The van der Waals surface area contributed by atoms with Crippen molar-refractivity contribution in [3.8, 4) is 10.4 Å². The van der Waals surface area contributed by atoms with Crippen LogP contribution in [0.2, 0.25) is 0 Å². The number of carboxylic acid groups (broad SMARTS) is 1. The van der Waals surface area contributed by atoms with Gasteiger partial charge in [-0.3, -0.25) is 0 Å². The Kier molecular flexibility index (Phi) is 8.03. The van der Waals surface area contributed by atoms with E-state index in [0.717, 1.165) is 67.1 Å². The molecule has 2 aliphatic heterocycles. The van der Waals surface area contributed by atoms with Gasteiger partial charge in [-0.2, -0.15) is 5.10 Å². The molecule has 220 valence electrons. The van der Waals surface area contributed by atoms with E-state index >= 15 is 0 Å². The quantitative estimate of drug-likeness (QED) is 0.316. The monoisotopic (exact) mass is 601 g/mol. The number of aryl methyl sites for hydroxylation is 1. The van der Waals surface area contributed by atoms with E-state index in [1.807, 2.05) is 29.8 Å². The highest BCUT2D eigenvalue weighted by Gasteiger charge is 2.36. The molecule has 1 aliphatic carbocycles. The van der Waals surface area contributed by atoms with Crippen LogP contribution in [0.15, 0.2) is 35.4 Å². The molecule has 13 heteroatoms. The molecule has 6 rings (SSSR count). The largest absolute Gasteiger partial charge is 0.465 e. The smallest absolute Gasteiger partial charge is 0.404 e. The lowest BCUT2D eigenvalue weighted by molar-refractivity contribution is -0.0404. The van der Waals surface area contributed by atoms with Gasteiger partial charge in [-0.1, -0.05) is 6.07 Å². The van der Waals surface area contributed by atoms with E-state index in [4.69, 9.17) is 19.7 Å². The Balaban J connectivity index is 1.25. The molecule has 3 aromatic rings. The van der Waals surface area contributed by atoms with Crippen LogP contribution >= 0.6 is 11.3 Å². The van der Waals surface area contributed by atoms with Crippen molar-refractivity contribution < 1.29 is 27.8 Å². The Labute approximate surface area is 243 Å². The maximum atomic E-state index is 13.7. The lowest BCUT2D eigenvalue weighted by Gasteiger charge is -2.27. The molecular weight excluding hydrogens is 566 g/mol.